The van der Waals surface area contributed by atoms with Crippen molar-refractivity contribution in [3.8, 4) is 0 Å². The highest BCUT2D eigenvalue weighted by atomic mass is 14.6. The van der Waals surface area contributed by atoms with E-state index in [9.17, 15) is 0 Å². The molecule has 0 heteroatoms. The molecule has 8 atom stereocenters. The first kappa shape index (κ1) is 20.0. The zero-order chi connectivity index (χ0) is 19.2. The molecular weight excluding hydrogens is 324 g/mol. The molecule has 4 aliphatic rings. The van der Waals surface area contributed by atoms with E-state index < -0.39 is 0 Å². The predicted octanol–water partition coefficient (Wildman–Crippen LogP) is 8.27. The van der Waals surface area contributed by atoms with E-state index in [0.29, 0.717) is 16.7 Å². The van der Waals surface area contributed by atoms with Gasteiger partial charge >= 0.3 is 0 Å². The molecule has 0 bridgehead atoms. The van der Waals surface area contributed by atoms with E-state index in [1.54, 1.807) is 38.5 Å². The minimum absolute atomic E-state index is 0.643. The summed E-state index contributed by atoms with van der Waals surface area (Å²) in [6, 6.07) is 0. The molecule has 0 aliphatic heterocycles. The summed E-state index contributed by atoms with van der Waals surface area (Å²) in [5.74, 6) is 6.76. The fourth-order valence-electron chi connectivity index (χ4n) is 9.00. The van der Waals surface area contributed by atoms with Crippen molar-refractivity contribution in [2.24, 2.45) is 52.3 Å². The Bertz CT molecular complexity index is 544. The topological polar surface area (TPSA) is 0 Å². The molecule has 4 aliphatic carbocycles. The Labute approximate surface area is 170 Å². The van der Waals surface area contributed by atoms with Gasteiger partial charge < -0.3 is 0 Å². The molecule has 0 saturated heterocycles. The van der Waals surface area contributed by atoms with Gasteiger partial charge in [0.15, 0.2) is 0 Å². The van der Waals surface area contributed by atoms with Gasteiger partial charge in [0.1, 0.15) is 0 Å². The summed E-state index contributed by atoms with van der Waals surface area (Å²) < 4.78 is 0. The summed E-state index contributed by atoms with van der Waals surface area (Å²) in [5.41, 5.74) is 1.34. The van der Waals surface area contributed by atoms with Crippen LogP contribution < -0.4 is 0 Å². The third-order valence-electron chi connectivity index (χ3n) is 10.4. The van der Waals surface area contributed by atoms with Crippen molar-refractivity contribution in [1.82, 2.24) is 0 Å². The van der Waals surface area contributed by atoms with Crippen molar-refractivity contribution >= 4 is 0 Å². The number of allylic oxidation sites excluding steroid dienone is 2. The van der Waals surface area contributed by atoms with E-state index in [-0.39, 0.29) is 0 Å². The van der Waals surface area contributed by atoms with Crippen molar-refractivity contribution in [2.45, 2.75) is 105 Å². The largest absolute Gasteiger partial charge is 0.0880 e. The van der Waals surface area contributed by atoms with Crippen molar-refractivity contribution in [1.29, 1.82) is 0 Å². The maximum absolute atomic E-state index is 2.73. The fraction of sp³-hybridized carbons (Fsp3) is 0.926. The lowest BCUT2D eigenvalue weighted by Crippen LogP contribution is -2.53. The normalized spacial score (nSPS) is 48.3. The molecular formula is C27H46. The summed E-state index contributed by atoms with van der Waals surface area (Å²) in [6.07, 6.45) is 21.6. The van der Waals surface area contributed by atoms with Gasteiger partial charge in [-0.1, -0.05) is 59.6 Å². The Morgan fingerprint density at radius 2 is 1.59 bits per heavy atom. The molecule has 0 aromatic carbocycles. The van der Waals surface area contributed by atoms with Gasteiger partial charge in [0, 0.05) is 0 Å². The van der Waals surface area contributed by atoms with Gasteiger partial charge in [-0.05, 0) is 110 Å². The second-order valence-electron chi connectivity index (χ2n) is 12.0. The quantitative estimate of drug-likeness (QED) is 0.437. The Balaban J connectivity index is 1.49. The maximum Gasteiger partial charge on any atom is -0.0264 e. The molecule has 0 heterocycles. The van der Waals surface area contributed by atoms with Gasteiger partial charge in [-0.25, -0.2) is 0 Å². The van der Waals surface area contributed by atoms with Gasteiger partial charge in [-0.15, -0.1) is 0 Å². The Morgan fingerprint density at radius 1 is 0.815 bits per heavy atom. The Morgan fingerprint density at radius 3 is 2.37 bits per heavy atom. The van der Waals surface area contributed by atoms with Crippen LogP contribution in [0.2, 0.25) is 0 Å². The molecule has 0 spiro atoms. The lowest BCUT2D eigenvalue weighted by Gasteiger charge is -2.61. The summed E-state index contributed by atoms with van der Waals surface area (Å²) in [4.78, 5) is 0. The minimum atomic E-state index is 0.643. The standard InChI is InChI=1S/C27H46/c1-19(2)9-8-10-20(3)23-14-15-24-22-13-12-21-11-6-7-17-26(21,4)25(22)16-18-27(23,24)5/h8-9,19-25H,6-7,10-18H2,1-5H3/b9-8+/t20-,21+,22+,23-,24+,25+,26+,27-/m1/s1. The molecule has 0 amide bonds. The van der Waals surface area contributed by atoms with E-state index in [1.807, 2.05) is 0 Å². The second-order valence-corrected chi connectivity index (χ2v) is 12.0. The lowest BCUT2D eigenvalue weighted by molar-refractivity contribution is -0.114. The van der Waals surface area contributed by atoms with Crippen LogP contribution in [0, 0.1) is 52.3 Å². The molecule has 4 fully saturated rings. The van der Waals surface area contributed by atoms with Gasteiger partial charge in [0.25, 0.3) is 0 Å². The molecule has 4 rings (SSSR count). The average Bonchev–Trinajstić information content (AvgIpc) is 2.98. The van der Waals surface area contributed by atoms with Crippen LogP contribution in [0.5, 0.6) is 0 Å². The molecule has 27 heavy (non-hydrogen) atoms. The fourth-order valence-corrected chi connectivity index (χ4v) is 9.00. The van der Waals surface area contributed by atoms with Gasteiger partial charge in [-0.3, -0.25) is 0 Å². The lowest BCUT2D eigenvalue weighted by atomic mass is 9.44. The van der Waals surface area contributed by atoms with Gasteiger partial charge in [0.05, 0.1) is 0 Å². The summed E-state index contributed by atoms with van der Waals surface area (Å²) in [5, 5.41) is 0. The molecule has 0 radical (unpaired) electrons. The predicted molar refractivity (Wildman–Crippen MR) is 118 cm³/mol. The van der Waals surface area contributed by atoms with Crippen LogP contribution in [0.4, 0.5) is 0 Å². The van der Waals surface area contributed by atoms with Crippen molar-refractivity contribution in [3.05, 3.63) is 12.2 Å². The minimum Gasteiger partial charge on any atom is -0.0880 e. The molecule has 154 valence electrons. The van der Waals surface area contributed by atoms with Gasteiger partial charge in [-0.2, -0.15) is 0 Å². The maximum atomic E-state index is 2.73. The van der Waals surface area contributed by atoms with E-state index in [2.05, 4.69) is 46.8 Å². The molecule has 4 saturated carbocycles. The first-order valence-electron chi connectivity index (χ1n) is 12.5. The SMILES string of the molecule is CC(C)/C=C/C[C@@H](C)[C@H]1CC[C@H]2[C@@H]3CC[C@@H]4CCCC[C@]4(C)[C@H]3CC[C@]12C. The summed E-state index contributed by atoms with van der Waals surface area (Å²) in [7, 11) is 0. The van der Waals surface area contributed by atoms with Crippen LogP contribution in [-0.4, -0.2) is 0 Å². The number of hydrogen-bond donors (Lipinski definition) is 0. The molecule has 0 nitrogen and oxygen atoms in total. The second kappa shape index (κ2) is 7.53. The molecule has 0 aromatic rings. The highest BCUT2D eigenvalue weighted by molar-refractivity contribution is 5.09. The van der Waals surface area contributed by atoms with Crippen LogP contribution in [-0.2, 0) is 0 Å². The van der Waals surface area contributed by atoms with Crippen LogP contribution in [0.15, 0.2) is 12.2 Å². The van der Waals surface area contributed by atoms with Crippen LogP contribution >= 0.6 is 0 Å². The molecule has 0 unspecified atom stereocenters. The van der Waals surface area contributed by atoms with E-state index >= 15 is 0 Å². The summed E-state index contributed by atoms with van der Waals surface area (Å²) in [6.45, 7) is 12.6. The first-order chi connectivity index (χ1) is 12.9. The highest BCUT2D eigenvalue weighted by Gasteiger charge is 2.59. The third kappa shape index (κ3) is 3.36. The van der Waals surface area contributed by atoms with Crippen molar-refractivity contribution < 1.29 is 0 Å². The zero-order valence-corrected chi connectivity index (χ0v) is 19.0. The van der Waals surface area contributed by atoms with Crippen LogP contribution in [0.25, 0.3) is 0 Å². The smallest absolute Gasteiger partial charge is 0.0264 e. The van der Waals surface area contributed by atoms with Crippen molar-refractivity contribution in [2.75, 3.05) is 0 Å². The summed E-state index contributed by atoms with van der Waals surface area (Å²) >= 11 is 0. The van der Waals surface area contributed by atoms with E-state index in [0.717, 1.165) is 35.5 Å². The Hall–Kier alpha value is -0.260. The van der Waals surface area contributed by atoms with Gasteiger partial charge in [0.2, 0.25) is 0 Å². The zero-order valence-electron chi connectivity index (χ0n) is 19.0. The van der Waals surface area contributed by atoms with Crippen LogP contribution in [0.3, 0.4) is 0 Å². The number of hydrogen-bond acceptors (Lipinski definition) is 0. The average molecular weight is 371 g/mol. The highest BCUT2D eigenvalue weighted by Crippen LogP contribution is 2.68. The first-order valence-corrected chi connectivity index (χ1v) is 12.5. The third-order valence-corrected chi connectivity index (χ3v) is 10.4. The number of fused-ring (bicyclic) bond motifs is 5. The Kier molecular flexibility index (Phi) is 5.59. The molecule has 0 aromatic heterocycles. The molecule has 0 N–H and O–H groups in total. The number of rotatable bonds is 4. The van der Waals surface area contributed by atoms with E-state index in [1.165, 1.54) is 32.1 Å². The van der Waals surface area contributed by atoms with E-state index in [4.69, 9.17) is 0 Å². The van der Waals surface area contributed by atoms with Crippen LogP contribution in [0.1, 0.15) is 105 Å². The van der Waals surface area contributed by atoms with Crippen molar-refractivity contribution in [3.63, 3.8) is 0 Å². The monoisotopic (exact) mass is 370 g/mol.